The molecule has 0 atom stereocenters. The Bertz CT molecular complexity index is 788. The van der Waals surface area contributed by atoms with E-state index < -0.39 is 0 Å². The van der Waals surface area contributed by atoms with Crippen molar-refractivity contribution in [2.75, 3.05) is 19.6 Å². The van der Waals surface area contributed by atoms with Crippen LogP contribution in [0.25, 0.3) is 0 Å². The summed E-state index contributed by atoms with van der Waals surface area (Å²) in [6, 6.07) is 6.24. The van der Waals surface area contributed by atoms with Crippen molar-refractivity contribution < 1.29 is 4.79 Å². The summed E-state index contributed by atoms with van der Waals surface area (Å²) in [5, 5.41) is 8.41. The average molecular weight is 367 g/mol. The first-order chi connectivity index (χ1) is 13.0. The molecule has 2 fully saturated rings. The van der Waals surface area contributed by atoms with E-state index in [1.54, 1.807) is 24.5 Å². The Kier molecular flexibility index (Phi) is 5.00. The van der Waals surface area contributed by atoms with Gasteiger partial charge >= 0.3 is 0 Å². The molecule has 1 saturated heterocycles. The highest BCUT2D eigenvalue weighted by Crippen LogP contribution is 2.46. The minimum Gasteiger partial charge on any atom is -0.339 e. The van der Waals surface area contributed by atoms with E-state index >= 15 is 0 Å². The van der Waals surface area contributed by atoms with E-state index in [-0.39, 0.29) is 5.91 Å². The lowest BCUT2D eigenvalue weighted by Crippen LogP contribution is -2.46. The minimum absolute atomic E-state index is 0.124. The van der Waals surface area contributed by atoms with Crippen LogP contribution in [-0.2, 0) is 6.54 Å². The van der Waals surface area contributed by atoms with Gasteiger partial charge < -0.3 is 10.2 Å². The Morgan fingerprint density at radius 3 is 2.52 bits per heavy atom. The second-order valence-corrected chi connectivity index (χ2v) is 8.27. The highest BCUT2D eigenvalue weighted by atomic mass is 16.2. The Morgan fingerprint density at radius 1 is 1.22 bits per heavy atom. The maximum absolute atomic E-state index is 12.5. The van der Waals surface area contributed by atoms with Gasteiger partial charge in [-0.1, -0.05) is 0 Å². The van der Waals surface area contributed by atoms with Gasteiger partial charge in [0.2, 0.25) is 0 Å². The number of piperidine rings is 1. The molecule has 2 aromatic rings. The number of hydrogen-bond acceptors (Lipinski definition) is 4. The Morgan fingerprint density at radius 2 is 1.93 bits per heavy atom. The quantitative estimate of drug-likeness (QED) is 0.852. The maximum atomic E-state index is 12.5. The molecule has 1 aliphatic carbocycles. The van der Waals surface area contributed by atoms with Crippen molar-refractivity contribution in [2.24, 2.45) is 5.41 Å². The van der Waals surface area contributed by atoms with Crippen molar-refractivity contribution in [3.8, 4) is 0 Å². The van der Waals surface area contributed by atoms with Crippen LogP contribution in [0.5, 0.6) is 0 Å². The van der Waals surface area contributed by atoms with E-state index in [0.29, 0.717) is 11.5 Å². The largest absolute Gasteiger partial charge is 0.339 e. The Hall–Kier alpha value is -2.21. The molecule has 1 aliphatic heterocycles. The van der Waals surface area contributed by atoms with Gasteiger partial charge in [-0.25, -0.2) is 0 Å². The molecule has 3 heterocycles. The summed E-state index contributed by atoms with van der Waals surface area (Å²) in [7, 11) is 0. The van der Waals surface area contributed by atoms with Gasteiger partial charge in [-0.05, 0) is 57.7 Å². The third-order valence-electron chi connectivity index (χ3n) is 6.02. The number of likely N-dealkylation sites (tertiary alicyclic amines) is 1. The van der Waals surface area contributed by atoms with Crippen LogP contribution in [0.4, 0.5) is 0 Å². The fourth-order valence-corrected chi connectivity index (χ4v) is 4.04. The number of amides is 1. The van der Waals surface area contributed by atoms with Crippen LogP contribution in [0.3, 0.4) is 0 Å². The minimum atomic E-state index is 0.124. The number of rotatable bonds is 6. The van der Waals surface area contributed by atoms with Crippen molar-refractivity contribution in [2.45, 2.75) is 52.1 Å². The van der Waals surface area contributed by atoms with Gasteiger partial charge in [-0.15, -0.1) is 0 Å². The Balaban J connectivity index is 1.25. The molecule has 0 bridgehead atoms. The van der Waals surface area contributed by atoms with Gasteiger partial charge in [0.25, 0.3) is 5.91 Å². The first-order valence-corrected chi connectivity index (χ1v) is 9.98. The van der Waals surface area contributed by atoms with Crippen LogP contribution >= 0.6 is 0 Å². The van der Waals surface area contributed by atoms with Crippen LogP contribution in [-0.4, -0.2) is 51.2 Å². The number of carbonyl (C=O) groups excluding carboxylic acids is 1. The summed E-state index contributed by atoms with van der Waals surface area (Å²) >= 11 is 0. The molecule has 1 amide bonds. The number of pyridine rings is 1. The smallest absolute Gasteiger partial charge is 0.253 e. The molecule has 0 spiro atoms. The van der Waals surface area contributed by atoms with Gasteiger partial charge in [-0.3, -0.25) is 14.5 Å². The molecule has 0 unspecified atom stereocenters. The predicted molar refractivity (Wildman–Crippen MR) is 105 cm³/mol. The molecule has 1 N–H and O–H groups in total. The number of aryl methyl sites for hydroxylation is 2. The second-order valence-electron chi connectivity index (χ2n) is 8.27. The number of aromatic nitrogens is 3. The van der Waals surface area contributed by atoms with Crippen molar-refractivity contribution in [3.63, 3.8) is 0 Å². The van der Waals surface area contributed by atoms with Gasteiger partial charge in [0, 0.05) is 61.3 Å². The van der Waals surface area contributed by atoms with E-state index in [9.17, 15) is 4.79 Å². The molecule has 0 aromatic carbocycles. The molecule has 0 radical (unpaired) electrons. The lowest BCUT2D eigenvalue weighted by molar-refractivity contribution is 0.0703. The zero-order valence-corrected chi connectivity index (χ0v) is 16.3. The van der Waals surface area contributed by atoms with Gasteiger partial charge in [0.1, 0.15) is 0 Å². The lowest BCUT2D eigenvalue weighted by Gasteiger charge is -2.33. The van der Waals surface area contributed by atoms with Crippen molar-refractivity contribution in [3.05, 3.63) is 47.5 Å². The lowest BCUT2D eigenvalue weighted by atomic mass is 10.0. The number of carbonyl (C=O) groups is 1. The van der Waals surface area contributed by atoms with Crippen molar-refractivity contribution in [1.82, 2.24) is 25.0 Å². The van der Waals surface area contributed by atoms with Crippen LogP contribution in [0.1, 0.15) is 47.4 Å². The van der Waals surface area contributed by atoms with E-state index in [1.807, 2.05) is 4.90 Å². The highest BCUT2D eigenvalue weighted by molar-refractivity contribution is 5.94. The average Bonchev–Trinajstić information content (AvgIpc) is 3.38. The zero-order valence-electron chi connectivity index (χ0n) is 16.3. The molecule has 4 rings (SSSR count). The van der Waals surface area contributed by atoms with Crippen LogP contribution in [0.15, 0.2) is 30.6 Å². The van der Waals surface area contributed by atoms with Crippen molar-refractivity contribution in [1.29, 1.82) is 0 Å². The third kappa shape index (κ3) is 4.21. The first-order valence-electron chi connectivity index (χ1n) is 9.98. The normalized spacial score (nSPS) is 19.3. The molecule has 2 aromatic heterocycles. The zero-order chi connectivity index (χ0) is 18.9. The third-order valence-corrected chi connectivity index (χ3v) is 6.02. The molecule has 144 valence electrons. The molecule has 6 heteroatoms. The summed E-state index contributed by atoms with van der Waals surface area (Å²) in [6.07, 6.45) is 7.95. The maximum Gasteiger partial charge on any atom is 0.253 e. The number of nitrogens with one attached hydrogen (secondary N) is 1. The molecule has 27 heavy (non-hydrogen) atoms. The first kappa shape index (κ1) is 18.2. The monoisotopic (exact) mass is 367 g/mol. The summed E-state index contributed by atoms with van der Waals surface area (Å²) in [4.78, 5) is 18.5. The summed E-state index contributed by atoms with van der Waals surface area (Å²) in [6.45, 7) is 7.90. The van der Waals surface area contributed by atoms with E-state index in [0.717, 1.165) is 50.3 Å². The number of nitrogens with zero attached hydrogens (tertiary/aromatic N) is 4. The number of hydrogen-bond donors (Lipinski definition) is 1. The fourth-order valence-electron chi connectivity index (χ4n) is 4.04. The molecule has 2 aliphatic rings. The standard InChI is InChI=1S/C21H29N5O/c1-16-13-17(2)26(24-16)15-21(7-8-21)14-23-19-5-11-25(12-6-19)20(27)18-3-9-22-10-4-18/h3-4,9-10,13,19,23H,5-8,11-12,14-15H2,1-2H3. The van der Waals surface area contributed by atoms with Crippen LogP contribution in [0, 0.1) is 19.3 Å². The molecular weight excluding hydrogens is 338 g/mol. The van der Waals surface area contributed by atoms with E-state index in [4.69, 9.17) is 0 Å². The molecule has 6 nitrogen and oxygen atoms in total. The summed E-state index contributed by atoms with van der Waals surface area (Å²) < 4.78 is 2.17. The second kappa shape index (κ2) is 7.43. The topological polar surface area (TPSA) is 63.1 Å². The van der Waals surface area contributed by atoms with Crippen LogP contribution < -0.4 is 5.32 Å². The Labute approximate surface area is 161 Å². The summed E-state index contributed by atoms with van der Waals surface area (Å²) in [5.41, 5.74) is 3.45. The van der Waals surface area contributed by atoms with E-state index in [2.05, 4.69) is 40.0 Å². The van der Waals surface area contributed by atoms with Gasteiger partial charge in [-0.2, -0.15) is 5.10 Å². The van der Waals surface area contributed by atoms with Crippen LogP contribution in [0.2, 0.25) is 0 Å². The highest BCUT2D eigenvalue weighted by Gasteiger charge is 2.43. The van der Waals surface area contributed by atoms with E-state index in [1.165, 1.54) is 18.5 Å². The van der Waals surface area contributed by atoms with Crippen molar-refractivity contribution >= 4 is 5.91 Å². The predicted octanol–water partition coefficient (Wildman–Crippen LogP) is 2.57. The van der Waals surface area contributed by atoms with Gasteiger partial charge in [0.15, 0.2) is 0 Å². The molecular formula is C21H29N5O. The van der Waals surface area contributed by atoms with Gasteiger partial charge in [0.05, 0.1) is 5.69 Å². The fraction of sp³-hybridized carbons (Fsp3) is 0.571. The SMILES string of the molecule is Cc1cc(C)n(CC2(CNC3CCN(C(=O)c4ccncc4)CC3)CC2)n1. The summed E-state index contributed by atoms with van der Waals surface area (Å²) in [5.74, 6) is 0.124. The molecule has 1 saturated carbocycles.